The molecule has 0 aromatic heterocycles. The zero-order valence-corrected chi connectivity index (χ0v) is 19.9. The number of rotatable bonds is 8. The number of hydrogen-bond donors (Lipinski definition) is 2. The van der Waals surface area contributed by atoms with Gasteiger partial charge in [-0.1, -0.05) is 37.1 Å². The second-order valence-corrected chi connectivity index (χ2v) is 9.96. The molecule has 0 atom stereocenters. The molecule has 0 aliphatic carbocycles. The molecule has 182 valence electrons. The lowest BCUT2D eigenvalue weighted by atomic mass is 10.2. The lowest BCUT2D eigenvalue weighted by molar-refractivity contribution is -0.146. The van der Waals surface area contributed by atoms with Crippen molar-refractivity contribution >= 4 is 33.5 Å². The summed E-state index contributed by atoms with van der Waals surface area (Å²) < 4.78 is 32.7. The molecule has 2 aromatic rings. The average Bonchev–Trinajstić information content (AvgIpc) is 3.13. The molecule has 0 radical (unpaired) electrons. The van der Waals surface area contributed by atoms with Crippen molar-refractivity contribution in [3.8, 4) is 0 Å². The van der Waals surface area contributed by atoms with Crippen LogP contribution in [0.1, 0.15) is 41.6 Å². The van der Waals surface area contributed by atoms with Crippen LogP contribution in [-0.2, 0) is 24.3 Å². The number of benzene rings is 2. The zero-order chi connectivity index (χ0) is 24.6. The molecule has 1 saturated heterocycles. The summed E-state index contributed by atoms with van der Waals surface area (Å²) in [7, 11) is -3.68. The largest absolute Gasteiger partial charge is 0.454 e. The third kappa shape index (κ3) is 6.88. The van der Waals surface area contributed by atoms with Crippen molar-refractivity contribution in [2.24, 2.45) is 0 Å². The van der Waals surface area contributed by atoms with E-state index < -0.39 is 34.4 Å². The zero-order valence-electron chi connectivity index (χ0n) is 19.1. The van der Waals surface area contributed by atoms with Crippen LogP contribution in [0.3, 0.4) is 0 Å². The van der Waals surface area contributed by atoms with Gasteiger partial charge in [-0.2, -0.15) is 4.31 Å². The van der Waals surface area contributed by atoms with E-state index in [1.807, 2.05) is 0 Å². The van der Waals surface area contributed by atoms with Crippen molar-refractivity contribution < 1.29 is 27.5 Å². The van der Waals surface area contributed by atoms with E-state index in [2.05, 4.69) is 10.6 Å². The summed E-state index contributed by atoms with van der Waals surface area (Å²) in [6.07, 6.45) is 3.67. The molecule has 0 unspecified atom stereocenters. The first-order valence-electron chi connectivity index (χ1n) is 11.2. The highest BCUT2D eigenvalue weighted by Gasteiger charge is 2.27. The molecule has 2 aromatic carbocycles. The Morgan fingerprint density at radius 2 is 1.65 bits per heavy atom. The van der Waals surface area contributed by atoms with Gasteiger partial charge in [0, 0.05) is 24.3 Å². The van der Waals surface area contributed by atoms with Crippen LogP contribution in [0.15, 0.2) is 53.4 Å². The number of sulfonamides is 1. The standard InChI is InChI=1S/C24H29N3O6S/c1-18-11-12-20(15-21(18)34(31,32)27-13-7-2-3-8-14-27)26-22(28)17-33-23(29)16-25-24(30)19-9-5-4-6-10-19/h4-6,9-12,15H,2-3,7-8,13-14,16-17H2,1H3,(H,25,30)(H,26,28). The Morgan fingerprint density at radius 1 is 0.971 bits per heavy atom. The lowest BCUT2D eigenvalue weighted by Crippen LogP contribution is -2.32. The number of carbonyl (C=O) groups excluding carboxylic acids is 3. The van der Waals surface area contributed by atoms with Gasteiger partial charge < -0.3 is 15.4 Å². The first-order chi connectivity index (χ1) is 16.3. The quantitative estimate of drug-likeness (QED) is 0.552. The second kappa shape index (κ2) is 11.8. The van der Waals surface area contributed by atoms with Crippen LogP contribution in [0, 0.1) is 6.92 Å². The number of aryl methyl sites for hydroxylation is 1. The van der Waals surface area contributed by atoms with Gasteiger partial charge in [0.1, 0.15) is 6.54 Å². The minimum absolute atomic E-state index is 0.146. The summed E-state index contributed by atoms with van der Waals surface area (Å²) in [5.74, 6) is -1.82. The van der Waals surface area contributed by atoms with Crippen molar-refractivity contribution in [1.82, 2.24) is 9.62 Å². The summed E-state index contributed by atoms with van der Waals surface area (Å²) in [4.78, 5) is 36.2. The molecule has 1 aliphatic rings. The number of nitrogens with zero attached hydrogens (tertiary/aromatic N) is 1. The Kier molecular flexibility index (Phi) is 8.78. The molecule has 1 heterocycles. The average molecular weight is 488 g/mol. The molecule has 3 rings (SSSR count). The molecule has 1 fully saturated rings. The number of carbonyl (C=O) groups is 3. The van der Waals surface area contributed by atoms with Crippen LogP contribution >= 0.6 is 0 Å². The number of nitrogens with one attached hydrogen (secondary N) is 2. The van der Waals surface area contributed by atoms with Crippen LogP contribution < -0.4 is 10.6 Å². The Morgan fingerprint density at radius 3 is 2.32 bits per heavy atom. The number of esters is 1. The third-order valence-corrected chi connectivity index (χ3v) is 7.49. The number of ether oxygens (including phenoxy) is 1. The highest BCUT2D eigenvalue weighted by molar-refractivity contribution is 7.89. The fourth-order valence-corrected chi connectivity index (χ4v) is 5.38. The van der Waals surface area contributed by atoms with Gasteiger partial charge in [-0.05, 0) is 49.6 Å². The van der Waals surface area contributed by atoms with Crippen molar-refractivity contribution in [2.75, 3.05) is 31.6 Å². The first kappa shape index (κ1) is 25.4. The third-order valence-electron chi connectivity index (χ3n) is 5.45. The molecule has 2 N–H and O–H groups in total. The van der Waals surface area contributed by atoms with E-state index in [0.717, 1.165) is 25.7 Å². The molecule has 2 amide bonds. The van der Waals surface area contributed by atoms with Gasteiger partial charge in [0.25, 0.3) is 11.8 Å². The summed E-state index contributed by atoms with van der Waals surface area (Å²) in [6, 6.07) is 13.0. The predicted molar refractivity (Wildman–Crippen MR) is 127 cm³/mol. The van der Waals surface area contributed by atoms with Crippen molar-refractivity contribution in [1.29, 1.82) is 0 Å². The smallest absolute Gasteiger partial charge is 0.325 e. The minimum Gasteiger partial charge on any atom is -0.454 e. The van der Waals surface area contributed by atoms with Crippen molar-refractivity contribution in [2.45, 2.75) is 37.5 Å². The van der Waals surface area contributed by atoms with Crippen LogP contribution in [-0.4, -0.2) is 56.7 Å². The van der Waals surface area contributed by atoms with E-state index in [9.17, 15) is 22.8 Å². The van der Waals surface area contributed by atoms with Gasteiger partial charge in [0.05, 0.1) is 4.90 Å². The maximum Gasteiger partial charge on any atom is 0.325 e. The van der Waals surface area contributed by atoms with Crippen LogP contribution in [0.2, 0.25) is 0 Å². The molecule has 9 nitrogen and oxygen atoms in total. The maximum atomic E-state index is 13.2. The highest BCUT2D eigenvalue weighted by atomic mass is 32.2. The van der Waals surface area contributed by atoms with Crippen LogP contribution in [0.4, 0.5) is 5.69 Å². The SMILES string of the molecule is Cc1ccc(NC(=O)COC(=O)CNC(=O)c2ccccc2)cc1S(=O)(=O)N1CCCCCC1. The van der Waals surface area contributed by atoms with E-state index >= 15 is 0 Å². The molecular weight excluding hydrogens is 458 g/mol. The molecule has 0 bridgehead atoms. The Bertz CT molecular complexity index is 1130. The minimum atomic E-state index is -3.68. The van der Waals surface area contributed by atoms with E-state index in [1.165, 1.54) is 10.4 Å². The van der Waals surface area contributed by atoms with Gasteiger partial charge in [-0.15, -0.1) is 0 Å². The summed E-state index contributed by atoms with van der Waals surface area (Å²) in [5.41, 5.74) is 1.28. The summed E-state index contributed by atoms with van der Waals surface area (Å²) in [6.45, 7) is 1.72. The van der Waals surface area contributed by atoms with Crippen molar-refractivity contribution in [3.63, 3.8) is 0 Å². The maximum absolute atomic E-state index is 13.2. The monoisotopic (exact) mass is 487 g/mol. The molecular formula is C24H29N3O6S. The second-order valence-electron chi connectivity index (χ2n) is 8.06. The van der Waals surface area contributed by atoms with Gasteiger partial charge >= 0.3 is 5.97 Å². The molecule has 10 heteroatoms. The van der Waals surface area contributed by atoms with E-state index in [-0.39, 0.29) is 17.1 Å². The first-order valence-corrected chi connectivity index (χ1v) is 12.6. The van der Waals surface area contributed by atoms with E-state index in [4.69, 9.17) is 4.74 Å². The Hall–Kier alpha value is -3.24. The Labute approximate surface area is 199 Å². The molecule has 1 aliphatic heterocycles. The van der Waals surface area contributed by atoms with Crippen molar-refractivity contribution in [3.05, 3.63) is 59.7 Å². The lowest BCUT2D eigenvalue weighted by Gasteiger charge is -2.21. The van der Waals surface area contributed by atoms with E-state index in [1.54, 1.807) is 49.4 Å². The number of hydrogen-bond acceptors (Lipinski definition) is 6. The topological polar surface area (TPSA) is 122 Å². The molecule has 0 spiro atoms. The number of anilines is 1. The fourth-order valence-electron chi connectivity index (χ4n) is 3.62. The summed E-state index contributed by atoms with van der Waals surface area (Å²) >= 11 is 0. The Balaban J connectivity index is 1.53. The van der Waals surface area contributed by atoms with Gasteiger partial charge in [-0.3, -0.25) is 14.4 Å². The predicted octanol–water partition coefficient (Wildman–Crippen LogP) is 2.47. The molecule has 34 heavy (non-hydrogen) atoms. The van der Waals surface area contributed by atoms with E-state index in [0.29, 0.717) is 24.2 Å². The normalized spacial score (nSPS) is 14.6. The number of amides is 2. The highest BCUT2D eigenvalue weighted by Crippen LogP contribution is 2.25. The van der Waals surface area contributed by atoms with Crippen LogP contribution in [0.5, 0.6) is 0 Å². The molecule has 0 saturated carbocycles. The van der Waals surface area contributed by atoms with Crippen LogP contribution in [0.25, 0.3) is 0 Å². The van der Waals surface area contributed by atoms with Gasteiger partial charge in [-0.25, -0.2) is 8.42 Å². The van der Waals surface area contributed by atoms with Gasteiger partial charge in [0.15, 0.2) is 6.61 Å². The summed E-state index contributed by atoms with van der Waals surface area (Å²) in [5, 5.41) is 4.98. The fraction of sp³-hybridized carbons (Fsp3) is 0.375. The van der Waals surface area contributed by atoms with Gasteiger partial charge in [0.2, 0.25) is 10.0 Å².